The van der Waals surface area contributed by atoms with Gasteiger partial charge in [0.2, 0.25) is 5.91 Å². The van der Waals surface area contributed by atoms with Gasteiger partial charge in [-0.05, 0) is 42.9 Å². The topological polar surface area (TPSA) is 54.3 Å². The molecule has 2 saturated heterocycles. The predicted molar refractivity (Wildman–Crippen MR) is 102 cm³/mol. The highest BCUT2D eigenvalue weighted by molar-refractivity contribution is 7.03. The number of carbonyl (C=O) groups excluding carboxylic acids is 1. The van der Waals surface area contributed by atoms with Crippen LogP contribution >= 0.6 is 11.5 Å². The van der Waals surface area contributed by atoms with Gasteiger partial charge in [0, 0.05) is 44.7 Å². The van der Waals surface area contributed by atoms with Gasteiger partial charge in [-0.15, -0.1) is 0 Å². The Morgan fingerprint density at radius 1 is 1.29 bits per heavy atom. The number of aromatic nitrogens is 3. The minimum atomic E-state index is -2.87. The second kappa shape index (κ2) is 7.18. The maximum absolute atomic E-state index is 14.7. The van der Waals surface area contributed by atoms with E-state index in [4.69, 9.17) is 0 Å². The number of likely N-dealkylation sites (tertiary alicyclic amines) is 2. The van der Waals surface area contributed by atoms with Gasteiger partial charge in [-0.3, -0.25) is 14.4 Å². The maximum atomic E-state index is 14.7. The first kappa shape index (κ1) is 19.4. The van der Waals surface area contributed by atoms with Gasteiger partial charge in [0.1, 0.15) is 0 Å². The molecule has 2 aromatic heterocycles. The molecule has 28 heavy (non-hydrogen) atoms. The number of rotatable bonds is 4. The van der Waals surface area contributed by atoms with Crippen molar-refractivity contribution in [3.8, 4) is 0 Å². The molecular formula is C19H25F2N5OS. The van der Waals surface area contributed by atoms with E-state index in [-0.39, 0.29) is 18.9 Å². The smallest absolute Gasteiger partial charge is 0.261 e. The Kier molecular flexibility index (Phi) is 4.99. The summed E-state index contributed by atoms with van der Waals surface area (Å²) < 4.78 is 35.2. The SMILES string of the molecule is Cc1cc(CN2CCCC3(CN(Cc4cnsc4)CC(F)(F)C3)C2=O)n(C)n1. The molecule has 0 aliphatic carbocycles. The van der Waals surface area contributed by atoms with Gasteiger partial charge in [0.25, 0.3) is 5.92 Å². The van der Waals surface area contributed by atoms with Crippen LogP contribution in [-0.2, 0) is 24.9 Å². The Bertz CT molecular complexity index is 853. The van der Waals surface area contributed by atoms with Crippen molar-refractivity contribution < 1.29 is 13.6 Å². The number of hydrogen-bond donors (Lipinski definition) is 0. The zero-order chi connectivity index (χ0) is 19.9. The van der Waals surface area contributed by atoms with Crippen LogP contribution in [0.25, 0.3) is 0 Å². The monoisotopic (exact) mass is 409 g/mol. The van der Waals surface area contributed by atoms with E-state index in [1.54, 1.807) is 20.7 Å². The Morgan fingerprint density at radius 2 is 2.11 bits per heavy atom. The largest absolute Gasteiger partial charge is 0.336 e. The first-order valence-corrected chi connectivity index (χ1v) is 10.4. The summed E-state index contributed by atoms with van der Waals surface area (Å²) in [6.45, 7) is 3.39. The molecule has 6 nitrogen and oxygen atoms in total. The highest BCUT2D eigenvalue weighted by Gasteiger charge is 2.55. The summed E-state index contributed by atoms with van der Waals surface area (Å²) in [4.78, 5) is 16.9. The van der Waals surface area contributed by atoms with E-state index in [1.165, 1.54) is 11.5 Å². The van der Waals surface area contributed by atoms with E-state index in [2.05, 4.69) is 9.47 Å². The maximum Gasteiger partial charge on any atom is 0.261 e. The molecule has 0 bridgehead atoms. The molecule has 1 unspecified atom stereocenters. The van der Waals surface area contributed by atoms with Crippen LogP contribution in [0.15, 0.2) is 17.6 Å². The van der Waals surface area contributed by atoms with Crippen LogP contribution in [0.5, 0.6) is 0 Å². The molecule has 2 fully saturated rings. The van der Waals surface area contributed by atoms with E-state index in [0.717, 1.165) is 23.4 Å². The van der Waals surface area contributed by atoms with Crippen LogP contribution in [0.3, 0.4) is 0 Å². The molecule has 4 heterocycles. The lowest BCUT2D eigenvalue weighted by Gasteiger charge is -2.49. The Morgan fingerprint density at radius 3 is 2.79 bits per heavy atom. The van der Waals surface area contributed by atoms with E-state index in [0.29, 0.717) is 32.6 Å². The molecular weight excluding hydrogens is 384 g/mol. The zero-order valence-electron chi connectivity index (χ0n) is 16.2. The quantitative estimate of drug-likeness (QED) is 0.779. The second-order valence-corrected chi connectivity index (χ2v) is 8.88. The number of halogens is 2. The van der Waals surface area contributed by atoms with Gasteiger partial charge in [-0.1, -0.05) is 0 Å². The van der Waals surface area contributed by atoms with Gasteiger partial charge in [0.05, 0.1) is 29.9 Å². The van der Waals surface area contributed by atoms with Crippen LogP contribution in [0.4, 0.5) is 8.78 Å². The summed E-state index contributed by atoms with van der Waals surface area (Å²) in [6, 6.07) is 1.94. The molecule has 4 rings (SSSR count). The second-order valence-electron chi connectivity index (χ2n) is 8.22. The van der Waals surface area contributed by atoms with Crippen LogP contribution in [-0.4, -0.2) is 55.4 Å². The van der Waals surface area contributed by atoms with Crippen LogP contribution in [0, 0.1) is 12.3 Å². The molecule has 0 aromatic carbocycles. The standard InChI is InChI=1S/C19H25F2N5OS/c1-14-6-16(24(2)23-14)9-26-5-3-4-18(17(26)27)11-19(20,21)13-25(12-18)8-15-7-22-28-10-15/h6-7,10H,3-5,8-9,11-13H2,1-2H3. The third-order valence-electron chi connectivity index (χ3n) is 5.74. The highest BCUT2D eigenvalue weighted by atomic mass is 32.1. The number of nitrogens with zero attached hydrogens (tertiary/aromatic N) is 5. The number of piperidine rings is 2. The number of amides is 1. The van der Waals surface area contributed by atoms with Crippen LogP contribution in [0.2, 0.25) is 0 Å². The number of hydrogen-bond acceptors (Lipinski definition) is 5. The van der Waals surface area contributed by atoms with Crippen molar-refractivity contribution in [3.63, 3.8) is 0 Å². The predicted octanol–water partition coefficient (Wildman–Crippen LogP) is 2.84. The highest BCUT2D eigenvalue weighted by Crippen LogP contribution is 2.45. The number of alkyl halides is 2. The fourth-order valence-electron chi connectivity index (χ4n) is 4.71. The van der Waals surface area contributed by atoms with Crippen molar-refractivity contribution in [1.29, 1.82) is 0 Å². The van der Waals surface area contributed by atoms with Crippen molar-refractivity contribution in [2.24, 2.45) is 12.5 Å². The van der Waals surface area contributed by atoms with Crippen LogP contribution < -0.4 is 0 Å². The first-order valence-electron chi connectivity index (χ1n) is 9.54. The molecule has 152 valence electrons. The average Bonchev–Trinajstić information content (AvgIpc) is 3.20. The first-order chi connectivity index (χ1) is 13.3. The summed E-state index contributed by atoms with van der Waals surface area (Å²) >= 11 is 1.31. The lowest BCUT2D eigenvalue weighted by molar-refractivity contribution is -0.171. The Labute approximate surface area is 167 Å². The number of carbonyl (C=O) groups is 1. The third kappa shape index (κ3) is 3.82. The molecule has 1 atom stereocenters. The van der Waals surface area contributed by atoms with Gasteiger partial charge < -0.3 is 4.90 Å². The van der Waals surface area contributed by atoms with E-state index >= 15 is 0 Å². The Balaban J connectivity index is 1.55. The van der Waals surface area contributed by atoms with Crippen molar-refractivity contribution in [2.45, 2.75) is 45.2 Å². The van der Waals surface area contributed by atoms with Crippen molar-refractivity contribution in [3.05, 3.63) is 34.6 Å². The molecule has 2 aliphatic rings. The lowest BCUT2D eigenvalue weighted by atomic mass is 9.71. The summed E-state index contributed by atoms with van der Waals surface area (Å²) in [5.41, 5.74) is 1.71. The molecule has 2 aromatic rings. The van der Waals surface area contributed by atoms with Gasteiger partial charge in [0.15, 0.2) is 0 Å². The normalized spacial score (nSPS) is 25.6. The van der Waals surface area contributed by atoms with Gasteiger partial charge >= 0.3 is 0 Å². The fraction of sp³-hybridized carbons (Fsp3) is 0.632. The molecule has 0 N–H and O–H groups in total. The molecule has 9 heteroatoms. The summed E-state index contributed by atoms with van der Waals surface area (Å²) in [5.74, 6) is -3.02. The van der Waals surface area contributed by atoms with E-state index in [1.807, 2.05) is 25.4 Å². The summed E-state index contributed by atoms with van der Waals surface area (Å²) in [5, 5.41) is 6.20. The van der Waals surface area contributed by atoms with Crippen molar-refractivity contribution in [2.75, 3.05) is 19.6 Å². The molecule has 1 spiro atoms. The fourth-order valence-corrected chi connectivity index (χ4v) is 5.24. The average molecular weight is 410 g/mol. The molecule has 0 radical (unpaired) electrons. The van der Waals surface area contributed by atoms with Crippen LogP contribution in [0.1, 0.15) is 36.2 Å². The van der Waals surface area contributed by atoms with Gasteiger partial charge in [-0.2, -0.15) is 5.10 Å². The minimum absolute atomic E-state index is 0.148. The molecule has 2 aliphatic heterocycles. The third-order valence-corrected chi connectivity index (χ3v) is 6.38. The van der Waals surface area contributed by atoms with Crippen molar-refractivity contribution >= 4 is 17.4 Å². The van der Waals surface area contributed by atoms with E-state index < -0.39 is 11.3 Å². The summed E-state index contributed by atoms with van der Waals surface area (Å²) in [6.07, 6.45) is 2.61. The minimum Gasteiger partial charge on any atom is -0.336 e. The van der Waals surface area contributed by atoms with E-state index in [9.17, 15) is 13.6 Å². The van der Waals surface area contributed by atoms with Gasteiger partial charge in [-0.25, -0.2) is 13.2 Å². The number of aryl methyl sites for hydroxylation is 2. The molecule has 0 saturated carbocycles. The summed E-state index contributed by atoms with van der Waals surface area (Å²) in [7, 11) is 1.85. The Hall–Kier alpha value is -1.87. The van der Waals surface area contributed by atoms with Crippen molar-refractivity contribution in [1.82, 2.24) is 24.0 Å². The zero-order valence-corrected chi connectivity index (χ0v) is 17.0. The lowest BCUT2D eigenvalue weighted by Crippen LogP contribution is -2.60. The molecule has 1 amide bonds.